The average Bonchev–Trinajstić information content (AvgIpc) is 3.24. The first-order chi connectivity index (χ1) is 14.4. The maximum atomic E-state index is 12.9. The number of pyridine rings is 1. The van der Waals surface area contributed by atoms with E-state index in [9.17, 15) is 18.0 Å². The molecule has 1 aromatic carbocycles. The Morgan fingerprint density at radius 1 is 1.07 bits per heavy atom. The average molecular weight is 413 g/mol. The zero-order valence-corrected chi connectivity index (χ0v) is 15.8. The number of halogens is 3. The van der Waals surface area contributed by atoms with Crippen molar-refractivity contribution >= 4 is 17.7 Å². The Bertz CT molecular complexity index is 1040. The third-order valence-electron chi connectivity index (χ3n) is 4.92. The molecular formula is C21H18F3N5O. The maximum absolute atomic E-state index is 12.9. The van der Waals surface area contributed by atoms with E-state index in [0.29, 0.717) is 18.7 Å². The molecule has 1 N–H and O–H groups in total. The van der Waals surface area contributed by atoms with Gasteiger partial charge in [-0.15, -0.1) is 0 Å². The van der Waals surface area contributed by atoms with Crippen molar-refractivity contribution in [1.82, 2.24) is 19.9 Å². The second-order valence-corrected chi connectivity index (χ2v) is 6.96. The van der Waals surface area contributed by atoms with Gasteiger partial charge in [0.05, 0.1) is 11.3 Å². The lowest BCUT2D eigenvalue weighted by molar-refractivity contribution is -0.137. The molecule has 1 fully saturated rings. The van der Waals surface area contributed by atoms with Crippen molar-refractivity contribution < 1.29 is 18.0 Å². The number of rotatable bonds is 4. The topological polar surface area (TPSA) is 71.0 Å². The Hall–Kier alpha value is -3.49. The molecular weight excluding hydrogens is 395 g/mol. The first-order valence-corrected chi connectivity index (χ1v) is 9.38. The van der Waals surface area contributed by atoms with Gasteiger partial charge in [-0.3, -0.25) is 4.79 Å². The van der Waals surface area contributed by atoms with Gasteiger partial charge in [0.25, 0.3) is 5.91 Å². The van der Waals surface area contributed by atoms with Crippen LogP contribution in [0, 0.1) is 0 Å². The lowest BCUT2D eigenvalue weighted by Crippen LogP contribution is -2.28. The number of hydrogen-bond acceptors (Lipinski definition) is 5. The highest BCUT2D eigenvalue weighted by Gasteiger charge is 2.31. The van der Waals surface area contributed by atoms with Crippen LogP contribution >= 0.6 is 0 Å². The van der Waals surface area contributed by atoms with Crippen LogP contribution in [0.25, 0.3) is 0 Å². The highest BCUT2D eigenvalue weighted by atomic mass is 19.4. The van der Waals surface area contributed by atoms with Gasteiger partial charge in [0.1, 0.15) is 5.82 Å². The van der Waals surface area contributed by atoms with Crippen molar-refractivity contribution in [3.8, 4) is 0 Å². The predicted octanol–water partition coefficient (Wildman–Crippen LogP) is 4.26. The molecule has 2 aromatic heterocycles. The Morgan fingerprint density at radius 3 is 2.60 bits per heavy atom. The lowest BCUT2D eigenvalue weighted by Gasteiger charge is -2.16. The molecule has 154 valence electrons. The monoisotopic (exact) mass is 413 g/mol. The molecule has 3 aromatic rings. The van der Waals surface area contributed by atoms with Gasteiger partial charge in [-0.2, -0.15) is 13.2 Å². The van der Waals surface area contributed by atoms with E-state index in [4.69, 9.17) is 0 Å². The van der Waals surface area contributed by atoms with E-state index in [2.05, 4.69) is 20.3 Å². The summed E-state index contributed by atoms with van der Waals surface area (Å²) in [6, 6.07) is 12.6. The summed E-state index contributed by atoms with van der Waals surface area (Å²) >= 11 is 0. The van der Waals surface area contributed by atoms with Gasteiger partial charge in [0.2, 0.25) is 5.95 Å². The number of alkyl halides is 3. The molecule has 0 aliphatic carbocycles. The van der Waals surface area contributed by atoms with Crippen LogP contribution in [-0.4, -0.2) is 38.8 Å². The molecule has 9 heteroatoms. The number of anilines is 2. The third kappa shape index (κ3) is 4.40. The van der Waals surface area contributed by atoms with Gasteiger partial charge in [-0.1, -0.05) is 18.2 Å². The van der Waals surface area contributed by atoms with Crippen LogP contribution in [-0.2, 0) is 6.18 Å². The third-order valence-corrected chi connectivity index (χ3v) is 4.92. The molecule has 0 unspecified atom stereocenters. The first kappa shape index (κ1) is 19.8. The Kier molecular flexibility index (Phi) is 5.35. The summed E-state index contributed by atoms with van der Waals surface area (Å²) in [5, 5.41) is 2.73. The standard InChI is InChI=1S/C21H18F3N5O/c22-21(23,24)16-6-9-25-18(12-16)28-20-26-10-7-17(27-20)15-8-11-29(13-15)19(30)14-4-2-1-3-5-14/h1-7,9-10,12,15H,8,11,13H2,(H,25,26,27,28)/t15-/m1/s1. The van der Waals surface area contributed by atoms with Gasteiger partial charge in [0, 0.05) is 37.0 Å². The minimum Gasteiger partial charge on any atom is -0.338 e. The van der Waals surface area contributed by atoms with Crippen LogP contribution < -0.4 is 5.32 Å². The van der Waals surface area contributed by atoms with E-state index in [-0.39, 0.29) is 23.6 Å². The number of nitrogens with one attached hydrogen (secondary N) is 1. The van der Waals surface area contributed by atoms with E-state index < -0.39 is 11.7 Å². The van der Waals surface area contributed by atoms with Gasteiger partial charge in [-0.05, 0) is 36.8 Å². The summed E-state index contributed by atoms with van der Waals surface area (Å²) in [6.45, 7) is 1.13. The molecule has 1 saturated heterocycles. The van der Waals surface area contributed by atoms with Crippen LogP contribution in [0.5, 0.6) is 0 Å². The summed E-state index contributed by atoms with van der Waals surface area (Å²) in [6.07, 6.45) is -1.09. The van der Waals surface area contributed by atoms with E-state index in [0.717, 1.165) is 30.4 Å². The van der Waals surface area contributed by atoms with E-state index in [1.807, 2.05) is 18.2 Å². The highest BCUT2D eigenvalue weighted by Crippen LogP contribution is 2.31. The van der Waals surface area contributed by atoms with Crippen molar-refractivity contribution in [1.29, 1.82) is 0 Å². The first-order valence-electron chi connectivity index (χ1n) is 9.38. The van der Waals surface area contributed by atoms with Crippen molar-refractivity contribution in [2.24, 2.45) is 0 Å². The second kappa shape index (κ2) is 8.10. The molecule has 30 heavy (non-hydrogen) atoms. The normalized spacial score (nSPS) is 16.5. The molecule has 3 heterocycles. The van der Waals surface area contributed by atoms with Crippen molar-refractivity contribution in [2.45, 2.75) is 18.5 Å². The number of amides is 1. The summed E-state index contributed by atoms with van der Waals surface area (Å²) in [5.41, 5.74) is 0.559. The predicted molar refractivity (Wildman–Crippen MR) is 104 cm³/mol. The molecule has 0 radical (unpaired) electrons. The number of hydrogen-bond donors (Lipinski definition) is 1. The second-order valence-electron chi connectivity index (χ2n) is 6.96. The smallest absolute Gasteiger partial charge is 0.338 e. The molecule has 0 spiro atoms. The zero-order valence-electron chi connectivity index (χ0n) is 15.8. The van der Waals surface area contributed by atoms with Gasteiger partial charge in [0.15, 0.2) is 0 Å². The zero-order chi connectivity index (χ0) is 21.1. The number of likely N-dealkylation sites (tertiary alicyclic amines) is 1. The van der Waals surface area contributed by atoms with Crippen LogP contribution in [0.1, 0.15) is 34.0 Å². The van der Waals surface area contributed by atoms with Crippen LogP contribution in [0.2, 0.25) is 0 Å². The molecule has 6 nitrogen and oxygen atoms in total. The van der Waals surface area contributed by atoms with Crippen LogP contribution in [0.15, 0.2) is 60.9 Å². The molecule has 0 saturated carbocycles. The molecule has 1 aliphatic heterocycles. The summed E-state index contributed by atoms with van der Waals surface area (Å²) in [5.74, 6) is 0.163. The Morgan fingerprint density at radius 2 is 1.83 bits per heavy atom. The number of carbonyl (C=O) groups is 1. The van der Waals surface area contributed by atoms with Gasteiger partial charge < -0.3 is 10.2 Å². The fourth-order valence-electron chi connectivity index (χ4n) is 3.40. The summed E-state index contributed by atoms with van der Waals surface area (Å²) < 4.78 is 38.6. The summed E-state index contributed by atoms with van der Waals surface area (Å²) in [4.78, 5) is 26.8. The maximum Gasteiger partial charge on any atom is 0.416 e. The Labute approximate surface area is 170 Å². The van der Waals surface area contributed by atoms with E-state index in [1.165, 1.54) is 0 Å². The quantitative estimate of drug-likeness (QED) is 0.692. The Balaban J connectivity index is 1.46. The fraction of sp³-hybridized carbons (Fsp3) is 0.238. The van der Waals surface area contributed by atoms with Crippen molar-refractivity contribution in [3.05, 3.63) is 77.7 Å². The van der Waals surface area contributed by atoms with Gasteiger partial charge >= 0.3 is 6.18 Å². The van der Waals surface area contributed by atoms with Gasteiger partial charge in [-0.25, -0.2) is 15.0 Å². The van der Waals surface area contributed by atoms with Crippen molar-refractivity contribution in [3.63, 3.8) is 0 Å². The number of aromatic nitrogens is 3. The number of carbonyl (C=O) groups excluding carboxylic acids is 1. The molecule has 1 atom stereocenters. The fourth-order valence-corrected chi connectivity index (χ4v) is 3.40. The SMILES string of the molecule is O=C(c1ccccc1)N1CC[C@@H](c2ccnc(Nc3cc(C(F)(F)F)ccn3)n2)C1. The molecule has 4 rings (SSSR count). The van der Waals surface area contributed by atoms with E-state index >= 15 is 0 Å². The largest absolute Gasteiger partial charge is 0.416 e. The molecule has 0 bridgehead atoms. The molecule has 1 amide bonds. The number of benzene rings is 1. The minimum atomic E-state index is -4.46. The van der Waals surface area contributed by atoms with Crippen molar-refractivity contribution in [2.75, 3.05) is 18.4 Å². The molecule has 1 aliphatic rings. The van der Waals surface area contributed by atoms with E-state index in [1.54, 1.807) is 29.3 Å². The lowest BCUT2D eigenvalue weighted by atomic mass is 10.1. The van der Waals surface area contributed by atoms with Crippen LogP contribution in [0.4, 0.5) is 24.9 Å². The number of nitrogens with zero attached hydrogens (tertiary/aromatic N) is 4. The minimum absolute atomic E-state index is 0.00859. The van der Waals surface area contributed by atoms with Crippen LogP contribution in [0.3, 0.4) is 0 Å². The highest BCUT2D eigenvalue weighted by molar-refractivity contribution is 5.94. The summed E-state index contributed by atoms with van der Waals surface area (Å²) in [7, 11) is 0.